The summed E-state index contributed by atoms with van der Waals surface area (Å²) in [4.78, 5) is 16.0. The molecule has 0 aliphatic rings. The molecule has 1 aromatic carbocycles. The normalized spacial score (nSPS) is 11.0. The van der Waals surface area contributed by atoms with Crippen molar-refractivity contribution in [2.45, 2.75) is 11.4 Å². The Morgan fingerprint density at radius 2 is 1.95 bits per heavy atom. The quantitative estimate of drug-likeness (QED) is 0.840. The van der Waals surface area contributed by atoms with E-state index in [0.717, 1.165) is 5.56 Å². The van der Waals surface area contributed by atoms with Gasteiger partial charge in [0.1, 0.15) is 0 Å². The number of sulfonamides is 1. The van der Waals surface area contributed by atoms with Crippen LogP contribution in [0.3, 0.4) is 0 Å². The van der Waals surface area contributed by atoms with E-state index in [-0.39, 0.29) is 17.3 Å². The van der Waals surface area contributed by atoms with Gasteiger partial charge < -0.3 is 10.1 Å². The van der Waals surface area contributed by atoms with Gasteiger partial charge in [-0.1, -0.05) is 12.1 Å². The van der Waals surface area contributed by atoms with Gasteiger partial charge in [-0.05, 0) is 23.8 Å². The van der Waals surface area contributed by atoms with E-state index < -0.39 is 10.0 Å². The Bertz CT molecular complexity index is 773. The Morgan fingerprint density at radius 3 is 2.55 bits per heavy atom. The lowest BCUT2D eigenvalue weighted by molar-refractivity contribution is 0.0950. The lowest BCUT2D eigenvalue weighted by Gasteiger charge is -2.07. The van der Waals surface area contributed by atoms with E-state index in [1.807, 2.05) is 0 Å². The predicted octanol–water partition coefficient (Wildman–Crippen LogP) is 0.668. The Morgan fingerprint density at radius 1 is 1.27 bits per heavy atom. The lowest BCUT2D eigenvalue weighted by atomic mass is 10.2. The molecule has 0 fully saturated rings. The number of nitrogens with two attached hydrogens (primary N) is 1. The maximum atomic E-state index is 12.0. The second-order valence-electron chi connectivity index (χ2n) is 4.46. The van der Waals surface area contributed by atoms with Gasteiger partial charge in [-0.3, -0.25) is 4.79 Å². The number of nitrogens with one attached hydrogen (secondary N) is 1. The number of hydrogen-bond donors (Lipinski definition) is 2. The summed E-state index contributed by atoms with van der Waals surface area (Å²) in [6, 6.07) is 9.07. The molecule has 0 unspecified atom stereocenters. The summed E-state index contributed by atoms with van der Waals surface area (Å²) >= 11 is 0. The van der Waals surface area contributed by atoms with Crippen LogP contribution in [0, 0.1) is 0 Å². The van der Waals surface area contributed by atoms with E-state index >= 15 is 0 Å². The van der Waals surface area contributed by atoms with E-state index in [0.29, 0.717) is 11.4 Å². The van der Waals surface area contributed by atoms with Crippen LogP contribution in [0.2, 0.25) is 0 Å². The average molecular weight is 321 g/mol. The molecule has 2 rings (SSSR count). The van der Waals surface area contributed by atoms with Gasteiger partial charge in [0, 0.05) is 24.4 Å². The fraction of sp³-hybridized carbons (Fsp3) is 0.143. The number of rotatable bonds is 5. The summed E-state index contributed by atoms with van der Waals surface area (Å²) in [5.74, 6) is 0.0707. The number of aromatic nitrogens is 1. The van der Waals surface area contributed by atoms with Gasteiger partial charge in [0.2, 0.25) is 15.9 Å². The van der Waals surface area contributed by atoms with Crippen molar-refractivity contribution in [1.29, 1.82) is 0 Å². The van der Waals surface area contributed by atoms with Gasteiger partial charge in [-0.15, -0.1) is 0 Å². The molecule has 1 aromatic heterocycles. The van der Waals surface area contributed by atoms with E-state index in [2.05, 4.69) is 10.3 Å². The van der Waals surface area contributed by atoms with Crippen LogP contribution in [0.5, 0.6) is 5.88 Å². The van der Waals surface area contributed by atoms with Crippen LogP contribution in [0.15, 0.2) is 47.5 Å². The number of amides is 1. The van der Waals surface area contributed by atoms with E-state index in [9.17, 15) is 13.2 Å². The van der Waals surface area contributed by atoms with Gasteiger partial charge >= 0.3 is 0 Å². The maximum Gasteiger partial charge on any atom is 0.251 e. The van der Waals surface area contributed by atoms with Crippen LogP contribution in [0.4, 0.5) is 0 Å². The number of hydrogen-bond acceptors (Lipinski definition) is 5. The maximum absolute atomic E-state index is 12.0. The number of benzene rings is 1. The molecule has 0 aliphatic carbocycles. The van der Waals surface area contributed by atoms with E-state index in [1.54, 1.807) is 18.2 Å². The highest BCUT2D eigenvalue weighted by molar-refractivity contribution is 7.89. The molecule has 0 spiro atoms. The molecule has 3 N–H and O–H groups in total. The van der Waals surface area contributed by atoms with Crippen LogP contribution in [-0.2, 0) is 16.6 Å². The molecule has 8 heteroatoms. The Kier molecular flexibility index (Phi) is 4.74. The molecule has 0 radical (unpaired) electrons. The number of methoxy groups -OCH3 is 1. The average Bonchev–Trinajstić information content (AvgIpc) is 2.52. The number of nitrogens with zero attached hydrogens (tertiary/aromatic N) is 1. The first-order chi connectivity index (χ1) is 10.4. The number of ether oxygens (including phenoxy) is 1. The van der Waals surface area contributed by atoms with Gasteiger partial charge in [-0.2, -0.15) is 0 Å². The molecule has 0 aliphatic heterocycles. The van der Waals surface area contributed by atoms with Crippen LogP contribution in [0.1, 0.15) is 15.9 Å². The van der Waals surface area contributed by atoms with Crippen molar-refractivity contribution in [3.63, 3.8) is 0 Å². The Balaban J connectivity index is 2.02. The SMILES string of the molecule is COc1cc(C(=O)NCc2ccc(S(N)(=O)=O)cc2)ccn1. The lowest BCUT2D eigenvalue weighted by Crippen LogP contribution is -2.23. The predicted molar refractivity (Wildman–Crippen MR) is 79.8 cm³/mol. The standard InChI is InChI=1S/C14H15N3O4S/c1-21-13-8-11(6-7-16-13)14(18)17-9-10-2-4-12(5-3-10)22(15,19)20/h2-8H,9H2,1H3,(H,17,18)(H2,15,19,20). The highest BCUT2D eigenvalue weighted by Gasteiger charge is 2.09. The molecule has 1 amide bonds. The van der Waals surface area contributed by atoms with Gasteiger partial charge in [-0.25, -0.2) is 18.5 Å². The molecule has 0 saturated heterocycles. The monoisotopic (exact) mass is 321 g/mol. The Labute approximate surface area is 128 Å². The zero-order valence-electron chi connectivity index (χ0n) is 11.8. The number of primary sulfonamides is 1. The molecule has 0 saturated carbocycles. The first kappa shape index (κ1) is 15.9. The minimum absolute atomic E-state index is 0.0291. The van der Waals surface area contributed by atoms with Crippen molar-refractivity contribution in [1.82, 2.24) is 10.3 Å². The summed E-state index contributed by atoms with van der Waals surface area (Å²) in [5, 5.41) is 7.74. The van der Waals surface area contributed by atoms with Crippen molar-refractivity contribution >= 4 is 15.9 Å². The van der Waals surface area contributed by atoms with Crippen molar-refractivity contribution in [3.8, 4) is 5.88 Å². The molecule has 0 atom stereocenters. The summed E-state index contributed by atoms with van der Waals surface area (Å²) in [6.45, 7) is 0.258. The highest BCUT2D eigenvalue weighted by atomic mass is 32.2. The third-order valence-electron chi connectivity index (χ3n) is 2.91. The van der Waals surface area contributed by atoms with Crippen LogP contribution in [0.25, 0.3) is 0 Å². The summed E-state index contributed by atoms with van der Waals surface area (Å²) < 4.78 is 27.2. The molecule has 2 aromatic rings. The first-order valence-corrected chi connectivity index (χ1v) is 7.85. The number of carbonyl (C=O) groups is 1. The first-order valence-electron chi connectivity index (χ1n) is 6.30. The van der Waals surface area contributed by atoms with Crippen molar-refractivity contribution < 1.29 is 17.9 Å². The number of pyridine rings is 1. The zero-order chi connectivity index (χ0) is 16.2. The zero-order valence-corrected chi connectivity index (χ0v) is 12.6. The van der Waals surface area contributed by atoms with Crippen LogP contribution in [-0.4, -0.2) is 26.4 Å². The fourth-order valence-electron chi connectivity index (χ4n) is 1.74. The second-order valence-corrected chi connectivity index (χ2v) is 6.02. The van der Waals surface area contributed by atoms with Gasteiger partial charge in [0.05, 0.1) is 12.0 Å². The smallest absolute Gasteiger partial charge is 0.251 e. The highest BCUT2D eigenvalue weighted by Crippen LogP contribution is 2.10. The van der Waals surface area contributed by atoms with Crippen molar-refractivity contribution in [3.05, 3.63) is 53.7 Å². The summed E-state index contributed by atoms with van der Waals surface area (Å²) in [5.41, 5.74) is 1.18. The minimum Gasteiger partial charge on any atom is -0.481 e. The van der Waals surface area contributed by atoms with Crippen molar-refractivity contribution in [2.75, 3.05) is 7.11 Å². The minimum atomic E-state index is -3.71. The van der Waals surface area contributed by atoms with Crippen molar-refractivity contribution in [2.24, 2.45) is 5.14 Å². The second kappa shape index (κ2) is 6.54. The number of carbonyl (C=O) groups excluding carboxylic acids is 1. The summed E-state index contributed by atoms with van der Waals surface area (Å²) in [6.07, 6.45) is 1.48. The molecule has 0 bridgehead atoms. The molecule has 116 valence electrons. The third-order valence-corrected chi connectivity index (χ3v) is 3.84. The topological polar surface area (TPSA) is 111 Å². The van der Waals surface area contributed by atoms with E-state index in [4.69, 9.17) is 9.88 Å². The molecule has 22 heavy (non-hydrogen) atoms. The van der Waals surface area contributed by atoms with E-state index in [1.165, 1.54) is 31.5 Å². The Hall–Kier alpha value is -2.45. The molecule has 1 heterocycles. The third kappa shape index (κ3) is 4.03. The van der Waals surface area contributed by atoms with Crippen LogP contribution >= 0.6 is 0 Å². The largest absolute Gasteiger partial charge is 0.481 e. The van der Waals surface area contributed by atoms with Crippen LogP contribution < -0.4 is 15.2 Å². The summed E-state index contributed by atoms with van der Waals surface area (Å²) in [7, 11) is -2.24. The molecule has 7 nitrogen and oxygen atoms in total. The molecular formula is C14H15N3O4S. The molecular weight excluding hydrogens is 306 g/mol. The fourth-order valence-corrected chi connectivity index (χ4v) is 2.26. The van der Waals surface area contributed by atoms with Gasteiger partial charge in [0.25, 0.3) is 5.91 Å². The van der Waals surface area contributed by atoms with Gasteiger partial charge in [0.15, 0.2) is 0 Å².